The van der Waals surface area contributed by atoms with E-state index in [-0.39, 0.29) is 55.9 Å². The number of nitrogens with one attached hydrogen (secondary N) is 1. The molecule has 2 atom stereocenters. The Hall–Kier alpha value is -4.85. The number of thiazole rings is 1. The molecule has 0 aliphatic carbocycles. The normalized spacial score (nSPS) is 12.4. The van der Waals surface area contributed by atoms with E-state index in [0.29, 0.717) is 21.8 Å². The lowest BCUT2D eigenvalue weighted by Gasteiger charge is -2.31. The Morgan fingerprint density at radius 1 is 1.22 bits per heavy atom. The van der Waals surface area contributed by atoms with Gasteiger partial charge in [0.15, 0.2) is 0 Å². The number of halogens is 4. The van der Waals surface area contributed by atoms with Crippen molar-refractivity contribution in [2.45, 2.75) is 31.6 Å². The number of nitrogens with zero attached hydrogens (tertiary/aromatic N) is 7. The minimum Gasteiger partial charge on any atom is -1.00 e. The number of ether oxygens (including phenoxy) is 1. The number of aliphatic hydroxyl groups is 1. The van der Waals surface area contributed by atoms with E-state index >= 15 is 4.39 Å². The predicted molar refractivity (Wildman–Crippen MR) is 178 cm³/mol. The summed E-state index contributed by atoms with van der Waals surface area (Å²) in [5.41, 5.74) is -0.0700. The molecule has 2 aromatic carbocycles. The monoisotopic (exact) mass is 744 g/mol. The van der Waals surface area contributed by atoms with Crippen molar-refractivity contribution in [3.05, 3.63) is 112 Å². The van der Waals surface area contributed by atoms with E-state index in [9.17, 15) is 19.1 Å². The number of esters is 1. The Morgan fingerprint density at radius 2 is 1.96 bits per heavy atom. The number of anilines is 1. The van der Waals surface area contributed by atoms with Crippen molar-refractivity contribution in [3.8, 4) is 17.3 Å². The standard InChI is InChI=1S/C33H31F2N8O4S.2ClH/c1-21(31-40-28(17-48-31)23-8-6-22(14-36)7-9-23)33(46,26-13-25(34)10-11-27(26)35)18-43-20-42(19-39-43)32(45)41(3)30-24(5-4-12-38-30)16-47-29(44)15-37-2;;/h4-13,17,19-21,37,46H,15-16,18H2,1-3H3;2*1H/q+1;;/p-1/t21-,33+;;/m0../s1. The molecule has 17 heteroatoms. The van der Waals surface area contributed by atoms with Crippen LogP contribution in [-0.4, -0.2) is 57.4 Å². The van der Waals surface area contributed by atoms with Crippen molar-refractivity contribution in [1.29, 1.82) is 5.26 Å². The first kappa shape index (κ1) is 39.6. The quantitative estimate of drug-likeness (QED) is 0.151. The minimum atomic E-state index is -2.07. The average Bonchev–Trinajstić information content (AvgIpc) is 3.78. The van der Waals surface area contributed by atoms with Crippen LogP contribution in [0.4, 0.5) is 19.4 Å². The van der Waals surface area contributed by atoms with Crippen LogP contribution in [0.5, 0.6) is 0 Å². The first-order chi connectivity index (χ1) is 23.0. The van der Waals surface area contributed by atoms with Gasteiger partial charge in [0.2, 0.25) is 6.33 Å². The smallest absolute Gasteiger partial charge is 0.422 e. The fourth-order valence-corrected chi connectivity index (χ4v) is 6.01. The second-order valence-corrected chi connectivity index (χ2v) is 11.8. The van der Waals surface area contributed by atoms with Crippen LogP contribution >= 0.6 is 23.7 Å². The van der Waals surface area contributed by atoms with E-state index in [2.05, 4.69) is 26.5 Å². The van der Waals surface area contributed by atoms with Crippen LogP contribution in [0, 0.1) is 23.0 Å². The molecule has 50 heavy (non-hydrogen) atoms. The van der Waals surface area contributed by atoms with Gasteiger partial charge in [-0.1, -0.05) is 25.1 Å². The van der Waals surface area contributed by atoms with E-state index in [1.165, 1.54) is 46.8 Å². The third-order valence-electron chi connectivity index (χ3n) is 7.70. The zero-order chi connectivity index (χ0) is 34.4. The second-order valence-electron chi connectivity index (χ2n) is 10.9. The summed E-state index contributed by atoms with van der Waals surface area (Å²) >= 11 is 1.24. The Kier molecular flexibility index (Phi) is 13.6. The topological polar surface area (TPSA) is 150 Å². The molecule has 0 saturated carbocycles. The molecule has 1 amide bonds. The molecule has 5 rings (SSSR count). The Balaban J connectivity index is 0.00000338. The number of hydrogen-bond acceptors (Lipinski definition) is 10. The average molecular weight is 746 g/mol. The van der Waals surface area contributed by atoms with Crippen molar-refractivity contribution >= 4 is 41.6 Å². The number of carbonyl (C=O) groups is 2. The number of rotatable bonds is 11. The number of hydrogen-bond donors (Lipinski definition) is 2. The highest BCUT2D eigenvalue weighted by atomic mass is 35.5. The van der Waals surface area contributed by atoms with Gasteiger partial charge in [0.05, 0.1) is 28.9 Å². The molecule has 5 aromatic rings. The van der Waals surface area contributed by atoms with Gasteiger partial charge in [-0.25, -0.2) is 23.5 Å². The van der Waals surface area contributed by atoms with Crippen LogP contribution in [0.1, 0.15) is 34.5 Å². The molecular formula is C33H32Cl2F2N8O4S. The first-order valence-corrected chi connectivity index (χ1v) is 15.5. The highest BCUT2D eigenvalue weighted by Crippen LogP contribution is 2.41. The van der Waals surface area contributed by atoms with Crippen molar-refractivity contribution in [1.82, 2.24) is 25.0 Å². The largest absolute Gasteiger partial charge is 1.00 e. The Labute approximate surface area is 302 Å². The zero-order valence-electron chi connectivity index (χ0n) is 27.0. The first-order valence-electron chi connectivity index (χ1n) is 14.6. The number of aromatic nitrogens is 5. The highest BCUT2D eigenvalue weighted by molar-refractivity contribution is 7.10. The summed E-state index contributed by atoms with van der Waals surface area (Å²) < 4.78 is 37.4. The molecule has 3 heterocycles. The van der Waals surface area contributed by atoms with E-state index in [0.717, 1.165) is 28.3 Å². The Morgan fingerprint density at radius 3 is 2.66 bits per heavy atom. The maximum Gasteiger partial charge on any atom is 0.422 e. The van der Waals surface area contributed by atoms with E-state index in [1.54, 1.807) is 55.7 Å². The zero-order valence-corrected chi connectivity index (χ0v) is 29.3. The third kappa shape index (κ3) is 8.65. The van der Waals surface area contributed by atoms with Gasteiger partial charge < -0.3 is 27.6 Å². The number of likely N-dealkylation sites (N-methyl/N-ethyl adjacent to an activating group) is 1. The number of carbonyl (C=O) groups excluding carboxylic acids is 2. The molecule has 2 N–H and O–H groups in total. The summed E-state index contributed by atoms with van der Waals surface area (Å²) in [5.74, 6) is -2.68. The van der Waals surface area contributed by atoms with Crippen LogP contribution in [0.2, 0.25) is 0 Å². The summed E-state index contributed by atoms with van der Waals surface area (Å²) in [6.45, 7) is 1.18. The third-order valence-corrected chi connectivity index (χ3v) is 8.73. The summed E-state index contributed by atoms with van der Waals surface area (Å²) in [4.78, 5) is 35.6. The van der Waals surface area contributed by atoms with E-state index < -0.39 is 35.2 Å². The predicted octanol–water partition coefficient (Wildman–Crippen LogP) is 1.32. The van der Waals surface area contributed by atoms with Crippen LogP contribution in [0.3, 0.4) is 0 Å². The van der Waals surface area contributed by atoms with Gasteiger partial charge in [-0.15, -0.1) is 33.0 Å². The van der Waals surface area contributed by atoms with Crippen LogP contribution in [0.25, 0.3) is 11.3 Å². The highest BCUT2D eigenvalue weighted by Gasteiger charge is 2.44. The Bertz CT molecular complexity index is 1990. The van der Waals surface area contributed by atoms with Crippen molar-refractivity contribution < 1.29 is 45.3 Å². The summed E-state index contributed by atoms with van der Waals surface area (Å²) in [6.07, 6.45) is 4.02. The number of nitriles is 1. The van der Waals surface area contributed by atoms with Crippen LogP contribution < -0.4 is 27.3 Å². The molecule has 0 spiro atoms. The van der Waals surface area contributed by atoms with Gasteiger partial charge in [0, 0.05) is 41.2 Å². The van der Waals surface area contributed by atoms with Crippen molar-refractivity contribution in [3.63, 3.8) is 0 Å². The lowest BCUT2D eigenvalue weighted by molar-refractivity contribution is -0.765. The van der Waals surface area contributed by atoms with Crippen molar-refractivity contribution in [2.24, 2.45) is 0 Å². The maximum absolute atomic E-state index is 15.3. The molecule has 12 nitrogen and oxygen atoms in total. The molecule has 262 valence electrons. The molecule has 0 saturated heterocycles. The molecule has 0 aliphatic rings. The van der Waals surface area contributed by atoms with Crippen molar-refractivity contribution in [2.75, 3.05) is 25.5 Å². The number of amides is 1. The molecule has 3 aromatic heterocycles. The van der Waals surface area contributed by atoms with Gasteiger partial charge >= 0.3 is 12.0 Å². The minimum absolute atomic E-state index is 0. The van der Waals surface area contributed by atoms with Gasteiger partial charge in [-0.05, 0) is 48.5 Å². The van der Waals surface area contributed by atoms with Crippen LogP contribution in [0.15, 0.2) is 78.8 Å². The van der Waals surface area contributed by atoms with Crippen LogP contribution in [-0.2, 0) is 28.3 Å². The molecule has 0 bridgehead atoms. The maximum atomic E-state index is 15.3. The lowest BCUT2D eigenvalue weighted by atomic mass is 9.82. The number of pyridine rings is 1. The lowest BCUT2D eigenvalue weighted by Crippen LogP contribution is -3.00. The SMILES string of the molecule is CNCC(=O)OCc1cccnc1N(C)C(=O)n1cn[n+](C[C@](O)(c2cc(F)ccc2F)[C@@H](C)c2nc(-c3ccc(C#N)cc3)cs2)c1.Cl.[Cl-]. The van der Waals surface area contributed by atoms with Gasteiger partial charge in [0.1, 0.15) is 36.2 Å². The second kappa shape index (κ2) is 17.2. The molecule has 0 radical (unpaired) electrons. The van der Waals surface area contributed by atoms with Gasteiger partial charge in [-0.2, -0.15) is 5.26 Å². The number of benzene rings is 2. The molecule has 0 unspecified atom stereocenters. The molecule has 0 fully saturated rings. The summed E-state index contributed by atoms with van der Waals surface area (Å²) in [5, 5.41) is 30.5. The molecular weight excluding hydrogens is 713 g/mol. The van der Waals surface area contributed by atoms with Gasteiger partial charge in [-0.3, -0.25) is 9.69 Å². The van der Waals surface area contributed by atoms with E-state index in [1.807, 2.05) is 0 Å². The fraction of sp³-hybridized carbons (Fsp3) is 0.242. The fourth-order valence-electron chi connectivity index (χ4n) is 5.04. The summed E-state index contributed by atoms with van der Waals surface area (Å²) in [6, 6.07) is 14.5. The van der Waals surface area contributed by atoms with E-state index in [4.69, 9.17) is 10.00 Å². The van der Waals surface area contributed by atoms with Gasteiger partial charge in [0.25, 0.3) is 6.33 Å². The molecule has 0 aliphatic heterocycles. The summed E-state index contributed by atoms with van der Waals surface area (Å²) in [7, 11) is 3.10.